The van der Waals surface area contributed by atoms with Crippen molar-refractivity contribution in [3.63, 3.8) is 0 Å². The van der Waals surface area contributed by atoms with Crippen LogP contribution in [0.4, 0.5) is 23.8 Å². The second-order valence-corrected chi connectivity index (χ2v) is 8.43. The van der Waals surface area contributed by atoms with Gasteiger partial charge in [-0.05, 0) is 52.0 Å². The van der Waals surface area contributed by atoms with E-state index in [1.54, 1.807) is 39.8 Å². The highest BCUT2D eigenvalue weighted by Crippen LogP contribution is 2.35. The third-order valence-corrected chi connectivity index (χ3v) is 4.75. The number of hydrogen-bond donors (Lipinski definition) is 2. The zero-order chi connectivity index (χ0) is 21.6. The molecule has 2 heterocycles. The first-order chi connectivity index (χ1) is 13.3. The van der Waals surface area contributed by atoms with Crippen molar-refractivity contribution in [1.82, 2.24) is 4.98 Å². The van der Waals surface area contributed by atoms with E-state index in [4.69, 9.17) is 4.74 Å². The molecular weight excluding hydrogens is 385 g/mol. The molecule has 1 amide bonds. The van der Waals surface area contributed by atoms with Crippen molar-refractivity contribution >= 4 is 11.9 Å². The monoisotopic (exact) mass is 409 g/mol. The van der Waals surface area contributed by atoms with Crippen molar-refractivity contribution in [2.24, 2.45) is 0 Å². The third-order valence-electron chi connectivity index (χ3n) is 4.75. The molecule has 29 heavy (non-hydrogen) atoms. The van der Waals surface area contributed by atoms with Crippen molar-refractivity contribution in [3.8, 4) is 11.3 Å². The van der Waals surface area contributed by atoms with Crippen LogP contribution in [0, 0.1) is 0 Å². The van der Waals surface area contributed by atoms with E-state index in [-0.39, 0.29) is 23.6 Å². The molecule has 2 N–H and O–H groups in total. The summed E-state index contributed by atoms with van der Waals surface area (Å²) in [5.74, 6) is 0.269. The predicted octanol–water partition coefficient (Wildman–Crippen LogP) is 3.83. The Morgan fingerprint density at radius 2 is 1.90 bits per heavy atom. The van der Waals surface area contributed by atoms with Crippen LogP contribution in [-0.4, -0.2) is 28.3 Å². The third kappa shape index (κ3) is 4.59. The Balaban J connectivity index is 2.07. The van der Waals surface area contributed by atoms with Crippen LogP contribution in [0.3, 0.4) is 0 Å². The van der Waals surface area contributed by atoms with Gasteiger partial charge in [0.1, 0.15) is 5.60 Å². The van der Waals surface area contributed by atoms with Crippen molar-refractivity contribution in [1.29, 1.82) is 0 Å². The summed E-state index contributed by atoms with van der Waals surface area (Å²) in [4.78, 5) is 17.5. The molecule has 2 aromatic rings. The Hall–Kier alpha value is -2.45. The number of hydrogen-bond acceptors (Lipinski definition) is 4. The average molecular weight is 409 g/mol. The number of pyridine rings is 1. The number of alkyl carbamates (subject to hydrolysis) is 1. The maximum absolute atomic E-state index is 13.1. The van der Waals surface area contributed by atoms with Crippen molar-refractivity contribution in [2.45, 2.75) is 51.5 Å². The Morgan fingerprint density at radius 1 is 1.21 bits per heavy atom. The molecule has 2 unspecified atom stereocenters. The van der Waals surface area contributed by atoms with Crippen molar-refractivity contribution in [2.75, 3.05) is 6.54 Å². The van der Waals surface area contributed by atoms with Crippen LogP contribution in [0.25, 0.3) is 11.3 Å². The molecule has 0 spiro atoms. The van der Waals surface area contributed by atoms with Crippen LogP contribution < -0.4 is 4.90 Å². The summed E-state index contributed by atoms with van der Waals surface area (Å²) < 4.78 is 44.7. The number of fused-ring (bicyclic) bond motifs is 1. The number of rotatable bonds is 1. The summed E-state index contributed by atoms with van der Waals surface area (Å²) in [6.45, 7) is 7.13. The second-order valence-electron chi connectivity index (χ2n) is 8.43. The molecule has 2 atom stereocenters. The number of carbonyl (C=O) groups is 1. The van der Waals surface area contributed by atoms with E-state index in [9.17, 15) is 23.1 Å². The summed E-state index contributed by atoms with van der Waals surface area (Å²) >= 11 is 0. The van der Waals surface area contributed by atoms with E-state index in [0.29, 0.717) is 16.9 Å². The molecule has 3 rings (SSSR count). The molecule has 0 saturated heterocycles. The molecule has 0 fully saturated rings. The first-order valence-corrected chi connectivity index (χ1v) is 9.29. The maximum Gasteiger partial charge on any atom is 0.521 e. The molecule has 1 aliphatic heterocycles. The van der Waals surface area contributed by atoms with E-state index in [2.05, 4.69) is 4.98 Å². The highest BCUT2D eigenvalue weighted by atomic mass is 19.4. The first kappa shape index (κ1) is 21.3. The molecular formula is C21H24F3N2O3+. The average Bonchev–Trinajstić information content (AvgIpc) is 2.59. The lowest BCUT2D eigenvalue weighted by atomic mass is 9.89. The lowest BCUT2D eigenvalue weighted by Crippen LogP contribution is -3.11. The number of quaternary nitrogens is 1. The fraction of sp³-hybridized carbons (Fsp3) is 0.429. The van der Waals surface area contributed by atoms with Gasteiger partial charge in [-0.1, -0.05) is 12.1 Å². The normalized spacial score (nSPS) is 22.1. The number of ether oxygens (including phenoxy) is 1. The van der Waals surface area contributed by atoms with Crippen molar-refractivity contribution < 1.29 is 32.7 Å². The van der Waals surface area contributed by atoms with Crippen LogP contribution in [0.1, 0.15) is 45.2 Å². The summed E-state index contributed by atoms with van der Waals surface area (Å²) in [5, 5.41) is 10.7. The number of alkyl halides is 3. The van der Waals surface area contributed by atoms with E-state index in [1.165, 1.54) is 12.1 Å². The van der Waals surface area contributed by atoms with Crippen LogP contribution in [0.5, 0.6) is 0 Å². The lowest BCUT2D eigenvalue weighted by molar-refractivity contribution is -0.762. The van der Waals surface area contributed by atoms with Gasteiger partial charge in [0.25, 0.3) is 0 Å². The highest BCUT2D eigenvalue weighted by molar-refractivity contribution is 5.66. The van der Waals surface area contributed by atoms with Crippen LogP contribution >= 0.6 is 0 Å². The first-order valence-electron chi connectivity index (χ1n) is 9.29. The molecule has 1 aromatic carbocycles. The van der Waals surface area contributed by atoms with Gasteiger partial charge in [0.2, 0.25) is 5.82 Å². The lowest BCUT2D eigenvalue weighted by Gasteiger charge is -2.33. The fourth-order valence-corrected chi connectivity index (χ4v) is 3.30. The highest BCUT2D eigenvalue weighted by Gasteiger charge is 2.43. The fourth-order valence-electron chi connectivity index (χ4n) is 3.30. The van der Waals surface area contributed by atoms with E-state index < -0.39 is 29.0 Å². The topological polar surface area (TPSA) is 63.9 Å². The van der Waals surface area contributed by atoms with Gasteiger partial charge in [-0.3, -0.25) is 0 Å². The van der Waals surface area contributed by atoms with Crippen LogP contribution in [0.2, 0.25) is 0 Å². The SMILES string of the molecule is CC(C)(C)OC(=O)[NH+]1CCC(C)(O)c2ccc(-c3cccc(C(F)(F)F)c3)nc21. The number of benzene rings is 1. The second kappa shape index (κ2) is 7.11. The number of carbonyl (C=O) groups excluding carboxylic acids is 1. The molecule has 1 aliphatic rings. The smallest absolute Gasteiger partial charge is 0.414 e. The van der Waals surface area contributed by atoms with Gasteiger partial charge in [0.15, 0.2) is 0 Å². The van der Waals surface area contributed by atoms with E-state index >= 15 is 0 Å². The molecule has 156 valence electrons. The number of nitrogens with zero attached hydrogens (tertiary/aromatic N) is 1. The Morgan fingerprint density at radius 3 is 2.52 bits per heavy atom. The van der Waals surface area contributed by atoms with Gasteiger partial charge < -0.3 is 9.84 Å². The van der Waals surface area contributed by atoms with Gasteiger partial charge in [-0.25, -0.2) is 0 Å². The molecule has 1 aromatic heterocycles. The van der Waals surface area contributed by atoms with Gasteiger partial charge in [0, 0.05) is 12.0 Å². The number of halogens is 3. The molecule has 0 saturated carbocycles. The Kier molecular flexibility index (Phi) is 5.21. The summed E-state index contributed by atoms with van der Waals surface area (Å²) in [6.07, 6.45) is -4.69. The summed E-state index contributed by atoms with van der Waals surface area (Å²) in [6, 6.07) is 8.02. The van der Waals surface area contributed by atoms with E-state index in [1.807, 2.05) is 0 Å². The quantitative estimate of drug-likeness (QED) is 0.752. The predicted molar refractivity (Wildman–Crippen MR) is 101 cm³/mol. The van der Waals surface area contributed by atoms with Gasteiger partial charge in [0.05, 0.1) is 29.0 Å². The number of aliphatic hydroxyl groups is 1. The molecule has 0 aliphatic carbocycles. The minimum atomic E-state index is -4.47. The molecule has 0 radical (unpaired) electrons. The largest absolute Gasteiger partial charge is 0.521 e. The van der Waals surface area contributed by atoms with Crippen molar-refractivity contribution in [3.05, 3.63) is 47.5 Å². The summed E-state index contributed by atoms with van der Waals surface area (Å²) in [7, 11) is 0. The van der Waals surface area contributed by atoms with E-state index in [0.717, 1.165) is 12.1 Å². The molecule has 5 nitrogen and oxygen atoms in total. The standard InChI is InChI=1S/C21H23F3N2O3/c1-19(2,3)29-18(27)26-11-10-20(4,28)15-8-9-16(25-17(15)26)13-6-5-7-14(12-13)21(22,23)24/h5-9,12,28H,10-11H2,1-4H3/p+1. The van der Waals surface area contributed by atoms with Gasteiger partial charge in [-0.15, -0.1) is 0 Å². The molecule has 0 bridgehead atoms. The number of aromatic nitrogens is 1. The maximum atomic E-state index is 13.1. The Labute approximate surface area is 167 Å². The minimum absolute atomic E-state index is 0.258. The zero-order valence-corrected chi connectivity index (χ0v) is 16.7. The van der Waals surface area contributed by atoms with Gasteiger partial charge >= 0.3 is 12.3 Å². The van der Waals surface area contributed by atoms with Crippen LogP contribution in [-0.2, 0) is 16.5 Å². The minimum Gasteiger partial charge on any atom is -0.414 e. The number of amides is 1. The Bertz CT molecular complexity index is 933. The molecule has 8 heteroatoms. The van der Waals surface area contributed by atoms with Gasteiger partial charge in [-0.2, -0.15) is 27.8 Å². The number of nitrogens with one attached hydrogen (secondary N) is 1. The zero-order valence-electron chi connectivity index (χ0n) is 16.7. The summed E-state index contributed by atoms with van der Waals surface area (Å²) in [5.41, 5.74) is -1.66. The van der Waals surface area contributed by atoms with Crippen LogP contribution in [0.15, 0.2) is 36.4 Å².